The molecule has 2 aliphatic rings. The molecule has 2 aromatic carbocycles. The van der Waals surface area contributed by atoms with E-state index in [1.807, 2.05) is 24.3 Å². The molecule has 1 aromatic heterocycles. The number of hydrogen-bond donors (Lipinski definition) is 2. The molecule has 1 amide bonds. The summed E-state index contributed by atoms with van der Waals surface area (Å²) in [5, 5.41) is 14.2. The van der Waals surface area contributed by atoms with Gasteiger partial charge in [0.25, 0.3) is 0 Å². The number of ether oxygens (including phenoxy) is 1. The van der Waals surface area contributed by atoms with Gasteiger partial charge in [-0.1, -0.05) is 28.8 Å². The minimum atomic E-state index is -0.966. The topological polar surface area (TPSA) is 89.3 Å². The van der Waals surface area contributed by atoms with Crippen LogP contribution in [0.5, 0.6) is 5.75 Å². The first kappa shape index (κ1) is 20.7. The van der Waals surface area contributed by atoms with E-state index in [9.17, 15) is 13.6 Å². The molecule has 0 radical (unpaired) electrons. The van der Waals surface area contributed by atoms with Crippen LogP contribution in [0.1, 0.15) is 41.2 Å². The van der Waals surface area contributed by atoms with E-state index in [2.05, 4.69) is 20.8 Å². The van der Waals surface area contributed by atoms with Gasteiger partial charge in [-0.3, -0.25) is 4.79 Å². The highest BCUT2D eigenvalue weighted by atomic mass is 35.5. The van der Waals surface area contributed by atoms with Crippen LogP contribution in [0.3, 0.4) is 0 Å². The van der Waals surface area contributed by atoms with Gasteiger partial charge in [0.05, 0.1) is 7.11 Å². The number of rotatable bonds is 6. The summed E-state index contributed by atoms with van der Waals surface area (Å²) in [4.78, 5) is 12.4. The SMILES string of the molecule is COc1cc(F)c(C2CNC(=O)C2Nc2nnc(C3CC3c3ccc(Cl)cc3)o2)c(F)c1. The molecule has 2 heterocycles. The average molecular weight is 461 g/mol. The van der Waals surface area contributed by atoms with E-state index in [4.69, 9.17) is 20.8 Å². The molecule has 0 spiro atoms. The summed E-state index contributed by atoms with van der Waals surface area (Å²) in [6.07, 6.45) is 0.859. The van der Waals surface area contributed by atoms with Gasteiger partial charge in [0.15, 0.2) is 0 Å². The number of aromatic nitrogens is 2. The van der Waals surface area contributed by atoms with Crippen molar-refractivity contribution in [3.63, 3.8) is 0 Å². The van der Waals surface area contributed by atoms with Crippen molar-refractivity contribution in [1.82, 2.24) is 15.5 Å². The van der Waals surface area contributed by atoms with Crippen LogP contribution in [0.25, 0.3) is 0 Å². The zero-order chi connectivity index (χ0) is 22.4. The molecule has 166 valence electrons. The van der Waals surface area contributed by atoms with Crippen molar-refractivity contribution in [2.24, 2.45) is 0 Å². The number of benzene rings is 2. The van der Waals surface area contributed by atoms with Crippen LogP contribution in [0.2, 0.25) is 5.02 Å². The maximum Gasteiger partial charge on any atom is 0.316 e. The Bertz CT molecular complexity index is 1150. The largest absolute Gasteiger partial charge is 0.497 e. The van der Waals surface area contributed by atoms with Crippen LogP contribution in [0.4, 0.5) is 14.8 Å². The van der Waals surface area contributed by atoms with Crippen LogP contribution in [-0.4, -0.2) is 35.8 Å². The van der Waals surface area contributed by atoms with Gasteiger partial charge >= 0.3 is 6.01 Å². The average Bonchev–Trinajstić information content (AvgIpc) is 3.30. The molecule has 1 saturated heterocycles. The number of amides is 1. The molecule has 2 N–H and O–H groups in total. The van der Waals surface area contributed by atoms with E-state index in [0.717, 1.165) is 24.1 Å². The first-order valence-corrected chi connectivity index (χ1v) is 10.5. The van der Waals surface area contributed by atoms with Gasteiger partial charge in [-0.2, -0.15) is 0 Å². The second-order valence-corrected chi connectivity index (χ2v) is 8.36. The van der Waals surface area contributed by atoms with Crippen molar-refractivity contribution in [1.29, 1.82) is 0 Å². The van der Waals surface area contributed by atoms with Crippen molar-refractivity contribution in [3.8, 4) is 5.75 Å². The molecule has 10 heteroatoms. The lowest BCUT2D eigenvalue weighted by Crippen LogP contribution is -2.33. The minimum absolute atomic E-state index is 0.0307. The Hall–Kier alpha value is -3.20. The molecule has 7 nitrogen and oxygen atoms in total. The predicted molar refractivity (Wildman–Crippen MR) is 112 cm³/mol. The van der Waals surface area contributed by atoms with Gasteiger partial charge in [-0.05, 0) is 30.0 Å². The van der Waals surface area contributed by atoms with Gasteiger partial charge in [0.2, 0.25) is 11.8 Å². The normalized spacial score (nSPS) is 24.3. The molecule has 3 aromatic rings. The molecular formula is C22H19ClF2N4O3. The van der Waals surface area contributed by atoms with Crippen LogP contribution in [0.15, 0.2) is 40.8 Å². The third kappa shape index (κ3) is 3.77. The molecule has 4 atom stereocenters. The Balaban J connectivity index is 1.32. The van der Waals surface area contributed by atoms with E-state index < -0.39 is 29.5 Å². The Labute approximate surface area is 187 Å². The van der Waals surface area contributed by atoms with Gasteiger partial charge in [-0.15, -0.1) is 5.10 Å². The van der Waals surface area contributed by atoms with Gasteiger partial charge in [0.1, 0.15) is 23.4 Å². The summed E-state index contributed by atoms with van der Waals surface area (Å²) in [5.41, 5.74) is 0.930. The highest BCUT2D eigenvalue weighted by Gasteiger charge is 2.44. The minimum Gasteiger partial charge on any atom is -0.497 e. The van der Waals surface area contributed by atoms with Crippen molar-refractivity contribution in [2.75, 3.05) is 19.0 Å². The predicted octanol–water partition coefficient (Wildman–Crippen LogP) is 3.98. The van der Waals surface area contributed by atoms with E-state index >= 15 is 0 Å². The van der Waals surface area contributed by atoms with Crippen molar-refractivity contribution in [3.05, 3.63) is 70.1 Å². The standard InChI is InChI=1S/C22H19ClF2N4O3/c1-31-12-6-16(24)18(17(25)7-12)15-9-26-20(30)19(15)27-22-29-28-21(32-22)14-8-13(14)10-2-4-11(23)5-3-10/h2-7,13-15,19H,8-9H2,1H3,(H,26,30)(H,27,29). The first-order chi connectivity index (χ1) is 15.4. The van der Waals surface area contributed by atoms with Gasteiger partial charge < -0.3 is 19.8 Å². The first-order valence-electron chi connectivity index (χ1n) is 10.1. The monoisotopic (exact) mass is 460 g/mol. The summed E-state index contributed by atoms with van der Waals surface area (Å²) >= 11 is 5.94. The van der Waals surface area contributed by atoms with Gasteiger partial charge in [0, 0.05) is 41.1 Å². The third-order valence-corrected chi connectivity index (χ3v) is 6.22. The molecule has 1 aliphatic heterocycles. The summed E-state index contributed by atoms with van der Waals surface area (Å²) in [5.74, 6) is -1.94. The van der Waals surface area contributed by atoms with Gasteiger partial charge in [-0.25, -0.2) is 8.78 Å². The summed E-state index contributed by atoms with van der Waals surface area (Å²) in [7, 11) is 1.32. The molecule has 1 aliphatic carbocycles. The van der Waals surface area contributed by atoms with Crippen LogP contribution >= 0.6 is 11.6 Å². The van der Waals surface area contributed by atoms with Crippen molar-refractivity contribution >= 4 is 23.5 Å². The summed E-state index contributed by atoms with van der Waals surface area (Å²) < 4.78 is 39.8. The molecule has 4 unspecified atom stereocenters. The maximum atomic E-state index is 14.6. The second-order valence-electron chi connectivity index (χ2n) is 7.92. The van der Waals surface area contributed by atoms with Crippen LogP contribution in [0, 0.1) is 11.6 Å². The fourth-order valence-corrected chi connectivity index (χ4v) is 4.34. The van der Waals surface area contributed by atoms with Crippen molar-refractivity contribution < 1.29 is 22.7 Å². The fourth-order valence-electron chi connectivity index (χ4n) is 4.21. The smallest absolute Gasteiger partial charge is 0.316 e. The Kier molecular flexibility index (Phi) is 5.21. The van der Waals surface area contributed by atoms with E-state index in [-0.39, 0.29) is 35.7 Å². The highest BCUT2D eigenvalue weighted by molar-refractivity contribution is 6.30. The molecular weight excluding hydrogens is 442 g/mol. The summed E-state index contributed by atoms with van der Waals surface area (Å²) in [6.45, 7) is 0.0684. The number of halogens is 3. The number of carbonyl (C=O) groups excluding carboxylic acids is 1. The molecule has 2 fully saturated rings. The number of methoxy groups -OCH3 is 1. The molecule has 5 rings (SSSR count). The number of nitrogens with zero attached hydrogens (tertiary/aromatic N) is 2. The lowest BCUT2D eigenvalue weighted by Gasteiger charge is -2.19. The zero-order valence-electron chi connectivity index (χ0n) is 16.9. The quantitative estimate of drug-likeness (QED) is 0.578. The third-order valence-electron chi connectivity index (χ3n) is 5.97. The number of carbonyl (C=O) groups is 1. The van der Waals surface area contributed by atoms with E-state index in [1.165, 1.54) is 7.11 Å². The maximum absolute atomic E-state index is 14.6. The molecule has 32 heavy (non-hydrogen) atoms. The zero-order valence-corrected chi connectivity index (χ0v) is 17.7. The highest BCUT2D eigenvalue weighted by Crippen LogP contribution is 2.54. The Morgan fingerprint density at radius 3 is 2.53 bits per heavy atom. The van der Waals surface area contributed by atoms with Crippen LogP contribution < -0.4 is 15.4 Å². The second kappa shape index (κ2) is 8.05. The van der Waals surface area contributed by atoms with Crippen LogP contribution in [-0.2, 0) is 4.79 Å². The number of nitrogens with one attached hydrogen (secondary N) is 2. The Morgan fingerprint density at radius 1 is 1.12 bits per heavy atom. The molecule has 1 saturated carbocycles. The molecule has 0 bridgehead atoms. The fraction of sp³-hybridized carbons (Fsp3) is 0.318. The number of hydrogen-bond acceptors (Lipinski definition) is 6. The number of anilines is 1. The van der Waals surface area contributed by atoms with Crippen molar-refractivity contribution in [2.45, 2.75) is 30.2 Å². The summed E-state index contributed by atoms with van der Waals surface area (Å²) in [6, 6.07) is 8.85. The lowest BCUT2D eigenvalue weighted by molar-refractivity contribution is -0.119. The lowest BCUT2D eigenvalue weighted by atomic mass is 9.93. The van der Waals surface area contributed by atoms with E-state index in [1.54, 1.807) is 0 Å². The Morgan fingerprint density at radius 2 is 1.84 bits per heavy atom. The van der Waals surface area contributed by atoms with E-state index in [0.29, 0.717) is 10.9 Å².